The summed E-state index contributed by atoms with van der Waals surface area (Å²) in [6.07, 6.45) is 1.16. The fraction of sp³-hybridized carbons (Fsp3) is 0.278. The number of aliphatic hydroxyl groups excluding tert-OH is 1. The number of rotatable bonds is 4. The molecule has 0 radical (unpaired) electrons. The molecular formula is C18H19NO2. The van der Waals surface area contributed by atoms with E-state index in [1.165, 1.54) is 16.7 Å². The second-order valence-corrected chi connectivity index (χ2v) is 5.38. The Morgan fingerprint density at radius 2 is 1.76 bits per heavy atom. The highest BCUT2D eigenvalue weighted by Crippen LogP contribution is 2.25. The summed E-state index contributed by atoms with van der Waals surface area (Å²) < 4.78 is 0. The maximum Gasteiger partial charge on any atom is 0.224 e. The molecule has 0 aliphatic carbocycles. The van der Waals surface area contributed by atoms with Crippen LogP contribution in [0, 0.1) is 0 Å². The second kappa shape index (κ2) is 6.10. The predicted octanol–water partition coefficient (Wildman–Crippen LogP) is 2.84. The molecule has 0 bridgehead atoms. The van der Waals surface area contributed by atoms with Crippen LogP contribution in [-0.4, -0.2) is 28.7 Å². The largest absolute Gasteiger partial charge is 0.374 e. The van der Waals surface area contributed by atoms with E-state index in [-0.39, 0.29) is 5.91 Å². The van der Waals surface area contributed by atoms with E-state index >= 15 is 0 Å². The number of hydrogen-bond acceptors (Lipinski definition) is 2. The zero-order valence-corrected chi connectivity index (χ0v) is 11.9. The minimum absolute atomic E-state index is 0.0553. The van der Waals surface area contributed by atoms with Crippen molar-refractivity contribution in [1.82, 2.24) is 4.90 Å². The standard InChI is InChI=1S/C18H19NO2/c20-17-10-11-18(21)19(17)13-12-15-8-4-5-9-16(15)14-6-2-1-3-7-14/h1-9,17,20H,10-13H2. The Morgan fingerprint density at radius 3 is 2.48 bits per heavy atom. The highest BCUT2D eigenvalue weighted by Gasteiger charge is 2.28. The molecule has 2 aromatic rings. The lowest BCUT2D eigenvalue weighted by molar-refractivity contribution is -0.133. The highest BCUT2D eigenvalue weighted by molar-refractivity contribution is 5.78. The molecule has 0 aromatic heterocycles. The Balaban J connectivity index is 1.79. The molecule has 1 N–H and O–H groups in total. The number of aliphatic hydroxyl groups is 1. The number of hydrogen-bond donors (Lipinski definition) is 1. The minimum atomic E-state index is -0.610. The number of amides is 1. The van der Waals surface area contributed by atoms with E-state index in [9.17, 15) is 9.90 Å². The normalized spacial score (nSPS) is 18.2. The molecular weight excluding hydrogens is 262 g/mol. The lowest BCUT2D eigenvalue weighted by Crippen LogP contribution is -2.34. The number of likely N-dealkylation sites (tertiary alicyclic amines) is 1. The van der Waals surface area contributed by atoms with E-state index in [1.807, 2.05) is 30.3 Å². The molecule has 3 rings (SSSR count). The number of benzene rings is 2. The van der Waals surface area contributed by atoms with Gasteiger partial charge in [0.25, 0.3) is 0 Å². The third-order valence-electron chi connectivity index (χ3n) is 4.02. The van der Waals surface area contributed by atoms with Crippen LogP contribution < -0.4 is 0 Å². The van der Waals surface area contributed by atoms with Crippen LogP contribution in [0.3, 0.4) is 0 Å². The summed E-state index contributed by atoms with van der Waals surface area (Å²) in [6.45, 7) is 0.573. The van der Waals surface area contributed by atoms with Crippen molar-refractivity contribution >= 4 is 5.91 Å². The molecule has 1 aliphatic heterocycles. The average Bonchev–Trinajstić information content (AvgIpc) is 2.85. The molecule has 1 atom stereocenters. The first kappa shape index (κ1) is 13.8. The summed E-state index contributed by atoms with van der Waals surface area (Å²) in [5, 5.41) is 9.83. The summed E-state index contributed by atoms with van der Waals surface area (Å²) in [5.41, 5.74) is 3.58. The van der Waals surface area contributed by atoms with Crippen LogP contribution in [0.1, 0.15) is 18.4 Å². The van der Waals surface area contributed by atoms with Crippen LogP contribution in [0.4, 0.5) is 0 Å². The van der Waals surface area contributed by atoms with Gasteiger partial charge in [0.2, 0.25) is 5.91 Å². The van der Waals surface area contributed by atoms with Crippen molar-refractivity contribution in [2.75, 3.05) is 6.54 Å². The molecule has 21 heavy (non-hydrogen) atoms. The summed E-state index contributed by atoms with van der Waals surface area (Å²) >= 11 is 0. The van der Waals surface area contributed by atoms with Gasteiger partial charge >= 0.3 is 0 Å². The third-order valence-corrected chi connectivity index (χ3v) is 4.02. The van der Waals surface area contributed by atoms with Crippen LogP contribution in [0.5, 0.6) is 0 Å². The van der Waals surface area contributed by atoms with E-state index in [0.717, 1.165) is 6.42 Å². The Hall–Kier alpha value is -2.13. The van der Waals surface area contributed by atoms with Crippen LogP contribution in [-0.2, 0) is 11.2 Å². The van der Waals surface area contributed by atoms with Crippen LogP contribution in [0.25, 0.3) is 11.1 Å². The van der Waals surface area contributed by atoms with Crippen LogP contribution in [0.15, 0.2) is 54.6 Å². The number of nitrogens with zero attached hydrogens (tertiary/aromatic N) is 1. The molecule has 1 unspecified atom stereocenters. The molecule has 1 aliphatic rings. The zero-order chi connectivity index (χ0) is 14.7. The van der Waals surface area contributed by atoms with E-state index in [2.05, 4.69) is 24.3 Å². The van der Waals surface area contributed by atoms with Gasteiger partial charge in [-0.1, -0.05) is 54.6 Å². The molecule has 108 valence electrons. The summed E-state index contributed by atoms with van der Waals surface area (Å²) in [4.78, 5) is 13.3. The van der Waals surface area contributed by atoms with E-state index in [4.69, 9.17) is 0 Å². The third kappa shape index (κ3) is 2.98. The fourth-order valence-corrected chi connectivity index (χ4v) is 2.87. The maximum atomic E-state index is 11.7. The maximum absolute atomic E-state index is 11.7. The van der Waals surface area contributed by atoms with Gasteiger partial charge in [-0.05, 0) is 23.1 Å². The zero-order valence-electron chi connectivity index (χ0n) is 11.9. The van der Waals surface area contributed by atoms with Gasteiger partial charge in [0, 0.05) is 19.4 Å². The first-order valence-electron chi connectivity index (χ1n) is 7.36. The molecule has 3 heteroatoms. The van der Waals surface area contributed by atoms with E-state index in [0.29, 0.717) is 19.4 Å². The quantitative estimate of drug-likeness (QED) is 0.936. The van der Waals surface area contributed by atoms with Gasteiger partial charge in [0.15, 0.2) is 0 Å². The van der Waals surface area contributed by atoms with Crippen molar-refractivity contribution < 1.29 is 9.90 Å². The molecule has 1 heterocycles. The van der Waals surface area contributed by atoms with Crippen molar-refractivity contribution in [2.45, 2.75) is 25.5 Å². The SMILES string of the molecule is O=C1CCC(O)N1CCc1ccccc1-c1ccccc1. The monoisotopic (exact) mass is 281 g/mol. The molecule has 1 amide bonds. The second-order valence-electron chi connectivity index (χ2n) is 5.38. The minimum Gasteiger partial charge on any atom is -0.374 e. The molecule has 1 saturated heterocycles. The number of carbonyl (C=O) groups is 1. The van der Waals surface area contributed by atoms with Crippen LogP contribution in [0.2, 0.25) is 0 Å². The van der Waals surface area contributed by atoms with Crippen molar-refractivity contribution in [3.8, 4) is 11.1 Å². The summed E-state index contributed by atoms with van der Waals surface area (Å²) in [7, 11) is 0. The van der Waals surface area contributed by atoms with Gasteiger partial charge < -0.3 is 10.0 Å². The van der Waals surface area contributed by atoms with Crippen molar-refractivity contribution in [3.63, 3.8) is 0 Å². The van der Waals surface area contributed by atoms with Gasteiger partial charge in [0.05, 0.1) is 0 Å². The average molecular weight is 281 g/mol. The van der Waals surface area contributed by atoms with Gasteiger partial charge in [0.1, 0.15) is 6.23 Å². The Kier molecular flexibility index (Phi) is 4.02. The van der Waals surface area contributed by atoms with Gasteiger partial charge in [-0.15, -0.1) is 0 Å². The van der Waals surface area contributed by atoms with Gasteiger partial charge in [-0.25, -0.2) is 0 Å². The Labute approximate surface area is 124 Å². The van der Waals surface area contributed by atoms with E-state index in [1.54, 1.807) is 4.90 Å². The first-order chi connectivity index (χ1) is 10.3. The van der Waals surface area contributed by atoms with Crippen molar-refractivity contribution in [2.24, 2.45) is 0 Å². The molecule has 2 aromatic carbocycles. The highest BCUT2D eigenvalue weighted by atomic mass is 16.3. The van der Waals surface area contributed by atoms with Crippen LogP contribution >= 0.6 is 0 Å². The van der Waals surface area contributed by atoms with Gasteiger partial charge in [-0.3, -0.25) is 4.79 Å². The summed E-state index contributed by atoms with van der Waals surface area (Å²) in [5.74, 6) is 0.0553. The Bertz CT molecular complexity index is 624. The van der Waals surface area contributed by atoms with Crippen molar-refractivity contribution in [1.29, 1.82) is 0 Å². The molecule has 0 spiro atoms. The Morgan fingerprint density at radius 1 is 1.05 bits per heavy atom. The lowest BCUT2D eigenvalue weighted by atomic mass is 9.97. The van der Waals surface area contributed by atoms with E-state index < -0.39 is 6.23 Å². The molecule has 3 nitrogen and oxygen atoms in total. The smallest absolute Gasteiger partial charge is 0.224 e. The predicted molar refractivity (Wildman–Crippen MR) is 82.5 cm³/mol. The number of carbonyl (C=O) groups excluding carboxylic acids is 1. The summed E-state index contributed by atoms with van der Waals surface area (Å²) in [6, 6.07) is 18.5. The lowest BCUT2D eigenvalue weighted by Gasteiger charge is -2.21. The molecule has 1 fully saturated rings. The van der Waals surface area contributed by atoms with Gasteiger partial charge in [-0.2, -0.15) is 0 Å². The molecule has 0 saturated carbocycles. The fourth-order valence-electron chi connectivity index (χ4n) is 2.87. The topological polar surface area (TPSA) is 40.5 Å². The van der Waals surface area contributed by atoms with Crippen molar-refractivity contribution in [3.05, 3.63) is 60.2 Å². The first-order valence-corrected chi connectivity index (χ1v) is 7.36.